The van der Waals surface area contributed by atoms with Crippen LogP contribution in [0.1, 0.15) is 58.1 Å². The molecular weight excluding hydrogens is 386 g/mol. The molecule has 0 saturated heterocycles. The SMILES string of the molecule is CCCCCc1cc(OC)c(C=C(CO[Si](C)(C)C(C)(C)C)[N+](=O)[O-])cc1OC. The van der Waals surface area contributed by atoms with Gasteiger partial charge in [0.05, 0.1) is 19.1 Å². The number of unbranched alkanes of at least 4 members (excludes halogenated alkanes) is 2. The standard InChI is InChI=1S/C22H37NO5Si/c1-9-10-11-12-17-14-21(27-6)18(15-20(17)26-5)13-19(23(24)25)16-28-29(7,8)22(2,3)4/h13-15H,9-12,16H2,1-8H3. The number of nitrogens with zero attached hydrogens (tertiary/aromatic N) is 1. The van der Waals surface area contributed by atoms with Gasteiger partial charge in [-0.05, 0) is 48.7 Å². The van der Waals surface area contributed by atoms with E-state index in [1.807, 2.05) is 12.1 Å². The molecule has 0 aromatic heterocycles. The van der Waals surface area contributed by atoms with Crippen molar-refractivity contribution in [2.75, 3.05) is 20.8 Å². The molecule has 6 nitrogen and oxygen atoms in total. The van der Waals surface area contributed by atoms with Crippen molar-refractivity contribution in [3.63, 3.8) is 0 Å². The lowest BCUT2D eigenvalue weighted by Crippen LogP contribution is -2.41. The molecule has 0 aliphatic carbocycles. The van der Waals surface area contributed by atoms with Crippen LogP contribution in [0.15, 0.2) is 17.8 Å². The predicted molar refractivity (Wildman–Crippen MR) is 121 cm³/mol. The zero-order valence-corrected chi connectivity index (χ0v) is 20.3. The number of ether oxygens (including phenoxy) is 2. The van der Waals surface area contributed by atoms with E-state index in [-0.39, 0.29) is 22.3 Å². The Balaban J connectivity index is 3.23. The summed E-state index contributed by atoms with van der Waals surface area (Å²) in [6.45, 7) is 12.6. The van der Waals surface area contributed by atoms with Crippen LogP contribution in [0.5, 0.6) is 11.5 Å². The molecule has 0 fully saturated rings. The minimum Gasteiger partial charge on any atom is -0.496 e. The Hall–Kier alpha value is -1.86. The summed E-state index contributed by atoms with van der Waals surface area (Å²) in [5, 5.41) is 11.6. The van der Waals surface area contributed by atoms with Gasteiger partial charge in [0.15, 0.2) is 8.32 Å². The summed E-state index contributed by atoms with van der Waals surface area (Å²) in [5.41, 5.74) is 1.68. The van der Waals surface area contributed by atoms with Crippen molar-refractivity contribution in [1.82, 2.24) is 0 Å². The van der Waals surface area contributed by atoms with Gasteiger partial charge in [0.2, 0.25) is 0 Å². The zero-order valence-electron chi connectivity index (χ0n) is 19.3. The van der Waals surface area contributed by atoms with E-state index < -0.39 is 8.32 Å². The molecule has 0 aliphatic heterocycles. The largest absolute Gasteiger partial charge is 0.496 e. The lowest BCUT2D eigenvalue weighted by Gasteiger charge is -2.35. The minimum atomic E-state index is -2.10. The summed E-state index contributed by atoms with van der Waals surface area (Å²) in [6, 6.07) is 3.74. The summed E-state index contributed by atoms with van der Waals surface area (Å²) in [7, 11) is 1.10. The molecule has 0 spiro atoms. The molecule has 0 atom stereocenters. The molecule has 1 aromatic carbocycles. The summed E-state index contributed by atoms with van der Waals surface area (Å²) >= 11 is 0. The summed E-state index contributed by atoms with van der Waals surface area (Å²) in [6.07, 6.45) is 5.76. The third-order valence-electron chi connectivity index (χ3n) is 5.63. The molecule has 7 heteroatoms. The monoisotopic (exact) mass is 423 g/mol. The van der Waals surface area contributed by atoms with Crippen molar-refractivity contribution in [2.45, 2.75) is 71.5 Å². The average molecular weight is 424 g/mol. The van der Waals surface area contributed by atoms with Gasteiger partial charge in [-0.15, -0.1) is 0 Å². The van der Waals surface area contributed by atoms with Crippen LogP contribution in [0.25, 0.3) is 6.08 Å². The van der Waals surface area contributed by atoms with E-state index in [1.165, 1.54) is 6.08 Å². The molecule has 0 radical (unpaired) electrons. The van der Waals surface area contributed by atoms with E-state index in [2.05, 4.69) is 40.8 Å². The molecule has 0 aliphatic rings. The van der Waals surface area contributed by atoms with Crippen molar-refractivity contribution in [3.8, 4) is 11.5 Å². The number of nitro groups is 1. The maximum atomic E-state index is 11.7. The van der Waals surface area contributed by atoms with Crippen LogP contribution in [0, 0.1) is 10.1 Å². The number of methoxy groups -OCH3 is 2. The Morgan fingerprint density at radius 2 is 1.76 bits per heavy atom. The molecule has 1 aromatic rings. The molecule has 29 heavy (non-hydrogen) atoms. The molecule has 0 saturated carbocycles. The Morgan fingerprint density at radius 3 is 2.24 bits per heavy atom. The van der Waals surface area contributed by atoms with E-state index in [1.54, 1.807) is 14.2 Å². The molecular formula is C22H37NO5Si. The molecule has 0 bridgehead atoms. The zero-order chi connectivity index (χ0) is 22.2. The first-order chi connectivity index (χ1) is 13.5. The maximum Gasteiger partial charge on any atom is 0.271 e. The van der Waals surface area contributed by atoms with E-state index in [9.17, 15) is 10.1 Å². The van der Waals surface area contributed by atoms with Gasteiger partial charge in [-0.25, -0.2) is 0 Å². The van der Waals surface area contributed by atoms with Crippen LogP contribution < -0.4 is 9.47 Å². The molecule has 0 heterocycles. The molecule has 0 amide bonds. The van der Waals surface area contributed by atoms with E-state index in [4.69, 9.17) is 13.9 Å². The fourth-order valence-electron chi connectivity index (χ4n) is 2.66. The molecule has 1 rings (SSSR count). The average Bonchev–Trinajstić information content (AvgIpc) is 2.64. The smallest absolute Gasteiger partial charge is 0.271 e. The normalized spacial score (nSPS) is 12.8. The van der Waals surface area contributed by atoms with Crippen LogP contribution >= 0.6 is 0 Å². The van der Waals surface area contributed by atoms with Gasteiger partial charge < -0.3 is 13.9 Å². The molecule has 0 unspecified atom stereocenters. The third-order valence-corrected chi connectivity index (χ3v) is 10.1. The first-order valence-electron chi connectivity index (χ1n) is 10.2. The van der Waals surface area contributed by atoms with Gasteiger partial charge in [0.1, 0.15) is 18.1 Å². The van der Waals surface area contributed by atoms with Gasteiger partial charge in [0, 0.05) is 11.6 Å². The van der Waals surface area contributed by atoms with Gasteiger partial charge in [0.25, 0.3) is 5.70 Å². The Kier molecular flexibility index (Phi) is 9.36. The maximum absolute atomic E-state index is 11.7. The highest BCUT2D eigenvalue weighted by atomic mass is 28.4. The fourth-order valence-corrected chi connectivity index (χ4v) is 3.60. The van der Waals surface area contributed by atoms with Crippen molar-refractivity contribution >= 4 is 14.4 Å². The summed E-state index contributed by atoms with van der Waals surface area (Å²) in [5.74, 6) is 1.32. The van der Waals surface area contributed by atoms with Crippen molar-refractivity contribution < 1.29 is 18.8 Å². The lowest BCUT2D eigenvalue weighted by molar-refractivity contribution is -0.427. The summed E-state index contributed by atoms with van der Waals surface area (Å²) in [4.78, 5) is 11.3. The third kappa shape index (κ3) is 7.15. The topological polar surface area (TPSA) is 70.8 Å². The van der Waals surface area contributed by atoms with Gasteiger partial charge >= 0.3 is 0 Å². The van der Waals surface area contributed by atoms with Crippen molar-refractivity contribution in [1.29, 1.82) is 0 Å². The van der Waals surface area contributed by atoms with Crippen molar-refractivity contribution in [3.05, 3.63) is 39.1 Å². The lowest BCUT2D eigenvalue weighted by atomic mass is 10.0. The second-order valence-electron chi connectivity index (χ2n) is 8.80. The fraction of sp³-hybridized carbons (Fsp3) is 0.636. The molecule has 164 valence electrons. The highest BCUT2D eigenvalue weighted by molar-refractivity contribution is 6.74. The number of hydrogen-bond donors (Lipinski definition) is 0. The Morgan fingerprint density at radius 1 is 1.14 bits per heavy atom. The second kappa shape index (κ2) is 10.8. The van der Waals surface area contributed by atoms with Crippen LogP contribution in [-0.2, 0) is 10.8 Å². The van der Waals surface area contributed by atoms with Crippen LogP contribution in [0.2, 0.25) is 18.1 Å². The highest BCUT2D eigenvalue weighted by Crippen LogP contribution is 2.37. The Labute approximate surface area is 176 Å². The summed E-state index contributed by atoms with van der Waals surface area (Å²) < 4.78 is 17.1. The van der Waals surface area contributed by atoms with E-state index >= 15 is 0 Å². The van der Waals surface area contributed by atoms with Crippen molar-refractivity contribution in [2.24, 2.45) is 0 Å². The highest BCUT2D eigenvalue weighted by Gasteiger charge is 2.38. The van der Waals surface area contributed by atoms with Crippen LogP contribution in [0.4, 0.5) is 0 Å². The number of aryl methyl sites for hydroxylation is 1. The molecule has 0 N–H and O–H groups in total. The quantitative estimate of drug-likeness (QED) is 0.187. The Bertz CT molecular complexity index is 723. The van der Waals surface area contributed by atoms with Crippen LogP contribution in [0.3, 0.4) is 0 Å². The van der Waals surface area contributed by atoms with Gasteiger partial charge in [-0.2, -0.15) is 0 Å². The first-order valence-corrected chi connectivity index (χ1v) is 13.1. The van der Waals surface area contributed by atoms with E-state index in [0.29, 0.717) is 11.3 Å². The number of hydrogen-bond acceptors (Lipinski definition) is 5. The first kappa shape index (κ1) is 25.2. The van der Waals surface area contributed by atoms with Gasteiger partial charge in [-0.1, -0.05) is 40.5 Å². The number of benzene rings is 1. The van der Waals surface area contributed by atoms with Crippen LogP contribution in [-0.4, -0.2) is 34.1 Å². The predicted octanol–water partition coefficient (Wildman–Crippen LogP) is 6.08. The number of rotatable bonds is 11. The van der Waals surface area contributed by atoms with Gasteiger partial charge in [-0.3, -0.25) is 10.1 Å². The van der Waals surface area contributed by atoms with E-state index in [0.717, 1.165) is 37.0 Å². The second-order valence-corrected chi connectivity index (χ2v) is 13.6. The minimum absolute atomic E-state index is 0.00825.